The molecular formula is C13H10BrClN2O2. The van der Waals surface area contributed by atoms with Gasteiger partial charge < -0.3 is 16.2 Å². The van der Waals surface area contributed by atoms with E-state index < -0.39 is 5.97 Å². The van der Waals surface area contributed by atoms with Gasteiger partial charge in [0.1, 0.15) is 0 Å². The van der Waals surface area contributed by atoms with Gasteiger partial charge in [-0.2, -0.15) is 0 Å². The highest BCUT2D eigenvalue weighted by Crippen LogP contribution is 2.28. The number of carbonyl (C=O) groups is 1. The molecule has 0 aliphatic rings. The van der Waals surface area contributed by atoms with Crippen molar-refractivity contribution in [3.8, 4) is 0 Å². The van der Waals surface area contributed by atoms with Crippen molar-refractivity contribution in [2.45, 2.75) is 0 Å². The summed E-state index contributed by atoms with van der Waals surface area (Å²) in [4.78, 5) is 11.0. The van der Waals surface area contributed by atoms with Crippen molar-refractivity contribution < 1.29 is 9.90 Å². The predicted octanol–water partition coefficient (Wildman–Crippen LogP) is 4.13. The molecule has 0 radical (unpaired) electrons. The van der Waals surface area contributed by atoms with Crippen LogP contribution in [0.5, 0.6) is 0 Å². The van der Waals surface area contributed by atoms with E-state index in [-0.39, 0.29) is 11.3 Å². The summed E-state index contributed by atoms with van der Waals surface area (Å²) in [6.07, 6.45) is 0. The summed E-state index contributed by atoms with van der Waals surface area (Å²) < 4.78 is 0.757. The molecule has 0 aliphatic heterocycles. The number of carboxylic acids is 1. The predicted molar refractivity (Wildman–Crippen MR) is 80.2 cm³/mol. The Bertz CT molecular complexity index is 647. The van der Waals surface area contributed by atoms with Gasteiger partial charge in [0.15, 0.2) is 0 Å². The molecule has 0 unspecified atom stereocenters. The highest BCUT2D eigenvalue weighted by atomic mass is 79.9. The Balaban J connectivity index is 2.30. The maximum Gasteiger partial charge on any atom is 0.337 e. The van der Waals surface area contributed by atoms with Crippen molar-refractivity contribution in [2.75, 3.05) is 11.1 Å². The summed E-state index contributed by atoms with van der Waals surface area (Å²) in [5, 5.41) is 12.7. The zero-order valence-electron chi connectivity index (χ0n) is 9.65. The summed E-state index contributed by atoms with van der Waals surface area (Å²) in [6.45, 7) is 0. The van der Waals surface area contributed by atoms with Gasteiger partial charge >= 0.3 is 5.97 Å². The van der Waals surface area contributed by atoms with Gasteiger partial charge in [0.25, 0.3) is 0 Å². The van der Waals surface area contributed by atoms with Crippen molar-refractivity contribution in [1.82, 2.24) is 0 Å². The molecule has 0 heterocycles. The first kappa shape index (κ1) is 13.7. The van der Waals surface area contributed by atoms with Gasteiger partial charge in [0.05, 0.1) is 10.6 Å². The van der Waals surface area contributed by atoms with E-state index in [0.29, 0.717) is 10.7 Å². The van der Waals surface area contributed by atoms with Crippen molar-refractivity contribution in [2.24, 2.45) is 0 Å². The number of anilines is 3. The van der Waals surface area contributed by atoms with Crippen molar-refractivity contribution in [3.63, 3.8) is 0 Å². The Morgan fingerprint density at radius 1 is 1.21 bits per heavy atom. The molecule has 0 saturated heterocycles. The second kappa shape index (κ2) is 5.50. The number of aromatic carboxylic acids is 1. The number of rotatable bonds is 3. The molecule has 0 amide bonds. The van der Waals surface area contributed by atoms with E-state index in [4.69, 9.17) is 22.4 Å². The smallest absolute Gasteiger partial charge is 0.337 e. The SMILES string of the molecule is Nc1ccc(Nc2ccc(Cl)c(Br)c2)cc1C(=O)O. The van der Waals surface area contributed by atoms with Gasteiger partial charge in [-0.25, -0.2) is 4.79 Å². The van der Waals surface area contributed by atoms with E-state index in [1.54, 1.807) is 30.3 Å². The third-order valence-corrected chi connectivity index (χ3v) is 3.71. The first-order valence-electron chi connectivity index (χ1n) is 5.32. The molecular weight excluding hydrogens is 332 g/mol. The zero-order chi connectivity index (χ0) is 14.0. The molecule has 6 heteroatoms. The Morgan fingerprint density at radius 3 is 2.47 bits per heavy atom. The average Bonchev–Trinajstić information content (AvgIpc) is 2.36. The average molecular weight is 342 g/mol. The lowest BCUT2D eigenvalue weighted by atomic mass is 10.1. The van der Waals surface area contributed by atoms with E-state index in [0.717, 1.165) is 10.2 Å². The number of hydrogen-bond acceptors (Lipinski definition) is 3. The van der Waals surface area contributed by atoms with Gasteiger partial charge in [0.2, 0.25) is 0 Å². The van der Waals surface area contributed by atoms with E-state index in [2.05, 4.69) is 21.2 Å². The molecule has 0 aliphatic carbocycles. The Kier molecular flexibility index (Phi) is 3.97. The van der Waals surface area contributed by atoms with Crippen molar-refractivity contribution in [3.05, 3.63) is 51.5 Å². The summed E-state index contributed by atoms with van der Waals surface area (Å²) in [6, 6.07) is 10.1. The van der Waals surface area contributed by atoms with Gasteiger partial charge in [0, 0.05) is 21.5 Å². The van der Waals surface area contributed by atoms with Crippen LogP contribution in [-0.2, 0) is 0 Å². The molecule has 0 spiro atoms. The minimum Gasteiger partial charge on any atom is -0.478 e. The lowest BCUT2D eigenvalue weighted by Crippen LogP contribution is -2.03. The Hall–Kier alpha value is -1.72. The van der Waals surface area contributed by atoms with E-state index in [1.807, 2.05) is 0 Å². The fourth-order valence-electron chi connectivity index (χ4n) is 1.56. The first-order chi connectivity index (χ1) is 8.97. The summed E-state index contributed by atoms with van der Waals surface area (Å²) in [5.74, 6) is -1.06. The first-order valence-corrected chi connectivity index (χ1v) is 6.49. The van der Waals surface area contributed by atoms with Crippen LogP contribution in [0.4, 0.5) is 17.1 Å². The second-order valence-corrected chi connectivity index (χ2v) is 5.12. The van der Waals surface area contributed by atoms with Crippen LogP contribution in [-0.4, -0.2) is 11.1 Å². The van der Waals surface area contributed by atoms with Crippen LogP contribution < -0.4 is 11.1 Å². The standard InChI is InChI=1S/C13H10BrClN2O2/c14-10-6-8(1-3-11(10)15)17-7-2-4-12(16)9(5-7)13(18)19/h1-6,17H,16H2,(H,18,19). The number of halogens is 2. The number of nitrogen functional groups attached to an aromatic ring is 1. The molecule has 2 aromatic carbocycles. The van der Waals surface area contributed by atoms with Crippen LogP contribution in [0.3, 0.4) is 0 Å². The largest absolute Gasteiger partial charge is 0.478 e. The molecule has 4 N–H and O–H groups in total. The highest BCUT2D eigenvalue weighted by Gasteiger charge is 2.09. The maximum absolute atomic E-state index is 11.0. The van der Waals surface area contributed by atoms with Gasteiger partial charge in [-0.05, 0) is 52.3 Å². The molecule has 98 valence electrons. The number of nitrogens with one attached hydrogen (secondary N) is 1. The quantitative estimate of drug-likeness (QED) is 0.734. The molecule has 0 bridgehead atoms. The number of nitrogens with two attached hydrogens (primary N) is 1. The lowest BCUT2D eigenvalue weighted by Gasteiger charge is -2.09. The number of hydrogen-bond donors (Lipinski definition) is 3. The molecule has 19 heavy (non-hydrogen) atoms. The van der Waals surface area contributed by atoms with Crippen LogP contribution >= 0.6 is 27.5 Å². The maximum atomic E-state index is 11.0. The summed E-state index contributed by atoms with van der Waals surface area (Å²) >= 11 is 9.22. The molecule has 2 aromatic rings. The van der Waals surface area contributed by atoms with Crippen LogP contribution in [0, 0.1) is 0 Å². The normalized spacial score (nSPS) is 10.2. The fourth-order valence-corrected chi connectivity index (χ4v) is 2.06. The number of carboxylic acid groups (broad SMARTS) is 1. The number of benzene rings is 2. The monoisotopic (exact) mass is 340 g/mol. The molecule has 0 atom stereocenters. The van der Waals surface area contributed by atoms with Gasteiger partial charge in [-0.1, -0.05) is 11.6 Å². The van der Waals surface area contributed by atoms with E-state index >= 15 is 0 Å². The molecule has 4 nitrogen and oxygen atoms in total. The van der Waals surface area contributed by atoms with Crippen molar-refractivity contribution >= 4 is 50.6 Å². The summed E-state index contributed by atoms with van der Waals surface area (Å²) in [5.41, 5.74) is 7.32. The third-order valence-electron chi connectivity index (χ3n) is 2.49. The van der Waals surface area contributed by atoms with Crippen LogP contribution in [0.25, 0.3) is 0 Å². The zero-order valence-corrected chi connectivity index (χ0v) is 12.0. The molecule has 0 aromatic heterocycles. The Morgan fingerprint density at radius 2 is 1.84 bits per heavy atom. The van der Waals surface area contributed by atoms with E-state index in [1.165, 1.54) is 6.07 Å². The van der Waals surface area contributed by atoms with Crippen molar-refractivity contribution in [1.29, 1.82) is 0 Å². The summed E-state index contributed by atoms with van der Waals surface area (Å²) in [7, 11) is 0. The molecule has 0 fully saturated rings. The third kappa shape index (κ3) is 3.19. The minimum atomic E-state index is -1.06. The second-order valence-electron chi connectivity index (χ2n) is 3.86. The van der Waals surface area contributed by atoms with Gasteiger partial charge in [-0.15, -0.1) is 0 Å². The minimum absolute atomic E-state index is 0.0676. The van der Waals surface area contributed by atoms with Gasteiger partial charge in [-0.3, -0.25) is 0 Å². The molecule has 0 saturated carbocycles. The fraction of sp³-hybridized carbons (Fsp3) is 0. The van der Waals surface area contributed by atoms with Crippen LogP contribution in [0.2, 0.25) is 5.02 Å². The molecule has 2 rings (SSSR count). The van der Waals surface area contributed by atoms with Crippen LogP contribution in [0.1, 0.15) is 10.4 Å². The topological polar surface area (TPSA) is 75.3 Å². The highest BCUT2D eigenvalue weighted by molar-refractivity contribution is 9.10. The van der Waals surface area contributed by atoms with E-state index in [9.17, 15) is 4.79 Å². The Labute approximate surface area is 123 Å². The lowest BCUT2D eigenvalue weighted by molar-refractivity contribution is 0.0698. The van der Waals surface area contributed by atoms with Crippen LogP contribution in [0.15, 0.2) is 40.9 Å².